The number of nitrogens with zero attached hydrogens (tertiary/aromatic N) is 3. The Balaban J connectivity index is 1.61. The van der Waals surface area contributed by atoms with Gasteiger partial charge in [0, 0.05) is 44.5 Å². The molecule has 0 aromatic carbocycles. The van der Waals surface area contributed by atoms with E-state index in [1.165, 1.54) is 25.7 Å². The highest BCUT2D eigenvalue weighted by molar-refractivity contribution is 5.74. The lowest BCUT2D eigenvalue weighted by Gasteiger charge is -2.35. The van der Waals surface area contributed by atoms with Crippen molar-refractivity contribution in [1.82, 2.24) is 15.2 Å². The van der Waals surface area contributed by atoms with Gasteiger partial charge in [-0.15, -0.1) is 0 Å². The van der Waals surface area contributed by atoms with Gasteiger partial charge in [-0.05, 0) is 43.6 Å². The fourth-order valence-corrected chi connectivity index (χ4v) is 4.07. The zero-order valence-corrected chi connectivity index (χ0v) is 15.0. The summed E-state index contributed by atoms with van der Waals surface area (Å²) in [6.07, 6.45) is 6.83. The van der Waals surface area contributed by atoms with Gasteiger partial charge in [0.05, 0.1) is 0 Å². The molecule has 0 radical (unpaired) electrons. The molecule has 132 valence electrons. The average Bonchev–Trinajstić information content (AvgIpc) is 2.60. The summed E-state index contributed by atoms with van der Waals surface area (Å²) in [7, 11) is 0. The predicted octanol–water partition coefficient (Wildman–Crippen LogP) is 3.26. The first-order valence-electron chi connectivity index (χ1n) is 9.35. The molecule has 3 heterocycles. The molecule has 2 unspecified atom stereocenters. The molecule has 2 aliphatic rings. The summed E-state index contributed by atoms with van der Waals surface area (Å²) in [6.45, 7) is 8.87. The van der Waals surface area contributed by atoms with Gasteiger partial charge in [-0.25, -0.2) is 9.78 Å². The minimum Gasteiger partial charge on any atom is -0.356 e. The molecule has 0 bridgehead atoms. The van der Waals surface area contributed by atoms with E-state index in [2.05, 4.69) is 35.1 Å². The number of hydrogen-bond acceptors (Lipinski definition) is 3. The van der Waals surface area contributed by atoms with E-state index >= 15 is 0 Å². The number of piperidine rings is 2. The van der Waals surface area contributed by atoms with E-state index in [1.807, 2.05) is 17.2 Å². The van der Waals surface area contributed by atoms with Crippen LogP contribution in [0.25, 0.3) is 0 Å². The lowest BCUT2D eigenvalue weighted by atomic mass is 9.92. The number of pyridine rings is 1. The maximum absolute atomic E-state index is 12.5. The van der Waals surface area contributed by atoms with Crippen LogP contribution in [0.5, 0.6) is 0 Å². The molecule has 0 aliphatic carbocycles. The Morgan fingerprint density at radius 2 is 1.92 bits per heavy atom. The van der Waals surface area contributed by atoms with Crippen LogP contribution in [0, 0.1) is 11.8 Å². The number of urea groups is 1. The Morgan fingerprint density at radius 1 is 1.21 bits per heavy atom. The fraction of sp³-hybridized carbons (Fsp3) is 0.684. The maximum atomic E-state index is 12.5. The van der Waals surface area contributed by atoms with Crippen LogP contribution in [-0.2, 0) is 6.54 Å². The van der Waals surface area contributed by atoms with E-state index in [0.29, 0.717) is 18.4 Å². The number of amides is 2. The number of carbonyl (C=O) groups excluding carboxylic acids is 1. The lowest BCUT2D eigenvalue weighted by molar-refractivity contribution is 0.146. The second-order valence-electron chi connectivity index (χ2n) is 7.54. The number of likely N-dealkylation sites (tertiary alicyclic amines) is 1. The van der Waals surface area contributed by atoms with Gasteiger partial charge >= 0.3 is 6.03 Å². The van der Waals surface area contributed by atoms with Crippen LogP contribution in [0.2, 0.25) is 0 Å². The van der Waals surface area contributed by atoms with Gasteiger partial charge in [-0.3, -0.25) is 0 Å². The molecule has 1 aromatic heterocycles. The van der Waals surface area contributed by atoms with Gasteiger partial charge in [0.25, 0.3) is 0 Å². The van der Waals surface area contributed by atoms with Gasteiger partial charge in [-0.2, -0.15) is 0 Å². The number of hydrogen-bond donors (Lipinski definition) is 1. The van der Waals surface area contributed by atoms with E-state index in [4.69, 9.17) is 0 Å². The van der Waals surface area contributed by atoms with Crippen molar-refractivity contribution in [1.29, 1.82) is 0 Å². The van der Waals surface area contributed by atoms with Crippen molar-refractivity contribution in [3.63, 3.8) is 0 Å². The van der Waals surface area contributed by atoms with Gasteiger partial charge in [0.2, 0.25) is 0 Å². The molecule has 0 saturated carbocycles. The molecule has 3 rings (SSSR count). The number of rotatable bonds is 3. The zero-order valence-electron chi connectivity index (χ0n) is 15.0. The topological polar surface area (TPSA) is 48.5 Å². The maximum Gasteiger partial charge on any atom is 0.317 e. The average molecular weight is 330 g/mol. The Labute approximate surface area is 145 Å². The van der Waals surface area contributed by atoms with Crippen LogP contribution in [0.15, 0.2) is 18.3 Å². The molecular weight excluding hydrogens is 300 g/mol. The zero-order chi connectivity index (χ0) is 16.9. The first-order valence-corrected chi connectivity index (χ1v) is 9.35. The molecule has 2 atom stereocenters. The SMILES string of the molecule is CC1CC(C)CN(C(=O)NCc2cccnc2N2CCCCC2)C1. The van der Waals surface area contributed by atoms with Crippen molar-refractivity contribution in [2.24, 2.45) is 11.8 Å². The second kappa shape index (κ2) is 7.86. The summed E-state index contributed by atoms with van der Waals surface area (Å²) >= 11 is 0. The molecular formula is C19H30N4O. The van der Waals surface area contributed by atoms with Crippen molar-refractivity contribution in [3.05, 3.63) is 23.9 Å². The lowest BCUT2D eigenvalue weighted by Crippen LogP contribution is -2.47. The van der Waals surface area contributed by atoms with E-state index in [-0.39, 0.29) is 6.03 Å². The molecule has 2 amide bonds. The van der Waals surface area contributed by atoms with E-state index in [1.54, 1.807) is 0 Å². The highest BCUT2D eigenvalue weighted by atomic mass is 16.2. The van der Waals surface area contributed by atoms with Gasteiger partial charge in [0.1, 0.15) is 5.82 Å². The monoisotopic (exact) mass is 330 g/mol. The fourth-order valence-electron chi connectivity index (χ4n) is 4.07. The molecule has 5 nitrogen and oxygen atoms in total. The number of nitrogens with one attached hydrogen (secondary N) is 1. The van der Waals surface area contributed by atoms with Crippen LogP contribution in [0.3, 0.4) is 0 Å². The van der Waals surface area contributed by atoms with Crippen molar-refractivity contribution >= 4 is 11.8 Å². The van der Waals surface area contributed by atoms with Crippen LogP contribution in [0.1, 0.15) is 45.1 Å². The quantitative estimate of drug-likeness (QED) is 0.925. The van der Waals surface area contributed by atoms with Crippen LogP contribution >= 0.6 is 0 Å². The number of anilines is 1. The largest absolute Gasteiger partial charge is 0.356 e. The molecule has 2 fully saturated rings. The Kier molecular flexibility index (Phi) is 5.59. The molecule has 1 N–H and O–H groups in total. The third-order valence-electron chi connectivity index (χ3n) is 5.11. The second-order valence-corrected chi connectivity index (χ2v) is 7.54. The number of carbonyl (C=O) groups is 1. The summed E-state index contributed by atoms with van der Waals surface area (Å²) in [6, 6.07) is 4.10. The third-order valence-corrected chi connectivity index (χ3v) is 5.11. The van der Waals surface area contributed by atoms with E-state index < -0.39 is 0 Å². The van der Waals surface area contributed by atoms with Crippen molar-refractivity contribution < 1.29 is 4.79 Å². The first-order chi connectivity index (χ1) is 11.6. The Hall–Kier alpha value is -1.78. The van der Waals surface area contributed by atoms with E-state index in [9.17, 15) is 4.79 Å². The van der Waals surface area contributed by atoms with Crippen LogP contribution in [0.4, 0.5) is 10.6 Å². The normalized spacial score (nSPS) is 24.8. The molecule has 5 heteroatoms. The predicted molar refractivity (Wildman–Crippen MR) is 97.1 cm³/mol. The summed E-state index contributed by atoms with van der Waals surface area (Å²) in [5, 5.41) is 3.11. The Bertz CT molecular complexity index is 546. The minimum absolute atomic E-state index is 0.0573. The molecule has 1 aromatic rings. The highest BCUT2D eigenvalue weighted by Gasteiger charge is 2.25. The third kappa shape index (κ3) is 4.19. The Morgan fingerprint density at radius 3 is 2.62 bits per heavy atom. The molecule has 24 heavy (non-hydrogen) atoms. The molecule has 0 spiro atoms. The van der Waals surface area contributed by atoms with Crippen molar-refractivity contribution in [2.45, 2.75) is 46.1 Å². The van der Waals surface area contributed by atoms with Crippen LogP contribution < -0.4 is 10.2 Å². The van der Waals surface area contributed by atoms with Gasteiger partial charge < -0.3 is 15.1 Å². The van der Waals surface area contributed by atoms with E-state index in [0.717, 1.165) is 37.6 Å². The van der Waals surface area contributed by atoms with Gasteiger partial charge in [0.15, 0.2) is 0 Å². The van der Waals surface area contributed by atoms with Crippen LogP contribution in [-0.4, -0.2) is 42.1 Å². The molecule has 2 aliphatic heterocycles. The summed E-state index contributed by atoms with van der Waals surface area (Å²) in [4.78, 5) is 21.4. The minimum atomic E-state index is 0.0573. The molecule has 2 saturated heterocycles. The summed E-state index contributed by atoms with van der Waals surface area (Å²) in [5.74, 6) is 2.21. The van der Waals surface area contributed by atoms with Gasteiger partial charge in [-0.1, -0.05) is 19.9 Å². The highest BCUT2D eigenvalue weighted by Crippen LogP contribution is 2.23. The van der Waals surface area contributed by atoms with Crippen molar-refractivity contribution in [3.8, 4) is 0 Å². The standard InChI is InChI=1S/C19H30N4O/c1-15-11-16(2)14-23(13-15)19(24)21-12-17-7-6-8-20-18(17)22-9-4-3-5-10-22/h6-8,15-16H,3-5,9-14H2,1-2H3,(H,21,24). The number of aromatic nitrogens is 1. The smallest absolute Gasteiger partial charge is 0.317 e. The van der Waals surface area contributed by atoms with Crippen molar-refractivity contribution in [2.75, 3.05) is 31.1 Å². The summed E-state index contributed by atoms with van der Waals surface area (Å²) in [5.41, 5.74) is 1.12. The summed E-state index contributed by atoms with van der Waals surface area (Å²) < 4.78 is 0. The first kappa shape index (κ1) is 17.1.